The molecule has 0 aliphatic rings. The van der Waals surface area contributed by atoms with Crippen LogP contribution in [0.1, 0.15) is 79.3 Å². The molecule has 0 saturated heterocycles. The average molecular weight is 660 g/mol. The maximum Gasteiger partial charge on any atom is 0.234 e. The summed E-state index contributed by atoms with van der Waals surface area (Å²) in [7, 11) is 2.94. The molecule has 0 aliphatic carbocycles. The lowest BCUT2D eigenvalue weighted by molar-refractivity contribution is -0.106. The largest absolute Gasteiger partial charge is 0.506 e. The zero-order valence-electron chi connectivity index (χ0n) is 27.1. The molecule has 5 rings (SSSR count). The Morgan fingerprint density at radius 2 is 1.81 bits per heavy atom. The Morgan fingerprint density at radius 3 is 2.49 bits per heavy atom. The third kappa shape index (κ3) is 7.25. The maximum atomic E-state index is 14.0. The molecule has 3 aromatic heterocycles. The number of hydrogen-bond acceptors (Lipinski definition) is 10. The van der Waals surface area contributed by atoms with Crippen molar-refractivity contribution in [2.24, 2.45) is 0 Å². The van der Waals surface area contributed by atoms with Crippen molar-refractivity contribution in [3.05, 3.63) is 94.3 Å². The van der Waals surface area contributed by atoms with E-state index in [4.69, 9.17) is 25.8 Å². The summed E-state index contributed by atoms with van der Waals surface area (Å²) in [4.78, 5) is 22.9. The molecule has 1 N–H and O–H groups in total. The zero-order valence-corrected chi connectivity index (χ0v) is 27.8. The highest BCUT2D eigenvalue weighted by Gasteiger charge is 2.28. The number of rotatable bonds is 15. The Labute approximate surface area is 278 Å². The number of halogens is 1. The Kier molecular flexibility index (Phi) is 11.1. The lowest BCUT2D eigenvalue weighted by Crippen LogP contribution is -2.16. The Morgan fingerprint density at radius 1 is 1.04 bits per heavy atom. The average Bonchev–Trinajstić information content (AvgIpc) is 3.69. The second kappa shape index (κ2) is 15.4. The molecule has 12 nitrogen and oxygen atoms in total. The number of pyridine rings is 1. The minimum atomic E-state index is -0.752. The molecular formula is C34H38ClN7O5. The lowest BCUT2D eigenvalue weighted by Gasteiger charge is -2.17. The third-order valence-electron chi connectivity index (χ3n) is 7.77. The number of aromatic nitrogens is 7. The summed E-state index contributed by atoms with van der Waals surface area (Å²) in [6, 6.07) is 17.4. The number of ether oxygens (including phenoxy) is 3. The molecule has 47 heavy (non-hydrogen) atoms. The molecule has 0 fully saturated rings. The van der Waals surface area contributed by atoms with E-state index < -0.39 is 18.3 Å². The topological polar surface area (TPSA) is 139 Å². The second-order valence-electron chi connectivity index (χ2n) is 10.9. The molecule has 0 saturated carbocycles. The number of carbonyl (C=O) groups is 1. The summed E-state index contributed by atoms with van der Waals surface area (Å²) in [5, 5.41) is 23.5. The van der Waals surface area contributed by atoms with Crippen molar-refractivity contribution < 1.29 is 24.1 Å². The summed E-state index contributed by atoms with van der Waals surface area (Å²) < 4.78 is 19.8. The second-order valence-corrected chi connectivity index (χ2v) is 11.2. The van der Waals surface area contributed by atoms with Crippen LogP contribution in [-0.4, -0.2) is 66.5 Å². The highest BCUT2D eigenvalue weighted by molar-refractivity contribution is 6.33. The summed E-state index contributed by atoms with van der Waals surface area (Å²) in [6.45, 7) is 6.65. The summed E-state index contributed by atoms with van der Waals surface area (Å²) in [5.41, 5.74) is 4.00. The van der Waals surface area contributed by atoms with Gasteiger partial charge in [-0.1, -0.05) is 67.4 Å². The molecule has 1 unspecified atom stereocenters. The normalized spacial score (nSPS) is 12.1. The van der Waals surface area contributed by atoms with E-state index >= 15 is 0 Å². The molecule has 5 aromatic rings. The molecule has 0 radical (unpaired) electrons. The number of aromatic hydroxyl groups is 1. The van der Waals surface area contributed by atoms with Gasteiger partial charge in [-0.25, -0.2) is 9.97 Å². The fourth-order valence-corrected chi connectivity index (χ4v) is 5.77. The van der Waals surface area contributed by atoms with E-state index in [1.54, 1.807) is 9.25 Å². The van der Waals surface area contributed by atoms with Crippen molar-refractivity contribution >= 4 is 17.4 Å². The van der Waals surface area contributed by atoms with Gasteiger partial charge in [0.15, 0.2) is 29.2 Å². The summed E-state index contributed by atoms with van der Waals surface area (Å²) >= 11 is 6.68. The first-order valence-corrected chi connectivity index (χ1v) is 15.8. The van der Waals surface area contributed by atoms with Crippen LogP contribution in [0.3, 0.4) is 0 Å². The smallest absolute Gasteiger partial charge is 0.234 e. The first-order chi connectivity index (χ1) is 22.8. The minimum Gasteiger partial charge on any atom is -0.506 e. The van der Waals surface area contributed by atoms with Crippen molar-refractivity contribution in [1.29, 1.82) is 0 Å². The molecule has 3 heterocycles. The predicted octanol–water partition coefficient (Wildman–Crippen LogP) is 6.43. The van der Waals surface area contributed by atoms with Gasteiger partial charge in [0.05, 0.1) is 0 Å². The molecule has 0 bridgehead atoms. The summed E-state index contributed by atoms with van der Waals surface area (Å²) in [5.74, 6) is 0.308. The first kappa shape index (κ1) is 33.9. The van der Waals surface area contributed by atoms with E-state index in [0.29, 0.717) is 30.2 Å². The van der Waals surface area contributed by atoms with Gasteiger partial charge in [-0.05, 0) is 59.5 Å². The van der Waals surface area contributed by atoms with Crippen LogP contribution >= 0.6 is 11.6 Å². The van der Waals surface area contributed by atoms with Crippen LogP contribution in [0.2, 0.25) is 5.15 Å². The monoisotopic (exact) mass is 659 g/mol. The maximum absolute atomic E-state index is 14.0. The number of unbranched alkanes of at least 4 members (excludes halogenated alkanes) is 1. The van der Waals surface area contributed by atoms with Crippen molar-refractivity contribution in [2.45, 2.75) is 59.1 Å². The molecule has 13 heteroatoms. The number of benzene rings is 2. The van der Waals surface area contributed by atoms with Crippen molar-refractivity contribution in [3.63, 3.8) is 0 Å². The van der Waals surface area contributed by atoms with E-state index in [1.807, 2.05) is 62.4 Å². The molecular weight excluding hydrogens is 622 g/mol. The number of ketones is 1. The number of aryl methyl sites for hydroxylation is 1. The van der Waals surface area contributed by atoms with Crippen LogP contribution in [-0.2, 0) is 27.2 Å². The van der Waals surface area contributed by atoms with E-state index in [2.05, 4.69) is 32.4 Å². The van der Waals surface area contributed by atoms with Gasteiger partial charge in [-0.3, -0.25) is 4.79 Å². The van der Waals surface area contributed by atoms with Crippen molar-refractivity contribution in [3.8, 4) is 28.3 Å². The van der Waals surface area contributed by atoms with Crippen LogP contribution in [0.4, 0.5) is 0 Å². The number of carbonyl (C=O) groups excluding carboxylic acids is 1. The Balaban J connectivity index is 1.61. The highest BCUT2D eigenvalue weighted by Crippen LogP contribution is 2.34. The van der Waals surface area contributed by atoms with Crippen LogP contribution < -0.4 is 0 Å². The Bertz CT molecular complexity index is 1820. The highest BCUT2D eigenvalue weighted by atomic mass is 35.5. The van der Waals surface area contributed by atoms with Gasteiger partial charge in [-0.15, -0.1) is 5.10 Å². The number of methoxy groups -OCH3 is 2. The first-order valence-electron chi connectivity index (χ1n) is 15.4. The fraction of sp³-hybridized carbons (Fsp3) is 0.353. The van der Waals surface area contributed by atoms with Crippen LogP contribution in [0.15, 0.2) is 60.8 Å². The van der Waals surface area contributed by atoms with Crippen LogP contribution in [0, 0.1) is 0 Å². The van der Waals surface area contributed by atoms with E-state index in [-0.39, 0.29) is 28.8 Å². The summed E-state index contributed by atoms with van der Waals surface area (Å²) in [6.07, 6.45) is 2.65. The molecule has 2 aromatic carbocycles. The molecule has 1 atom stereocenters. The van der Waals surface area contributed by atoms with Gasteiger partial charge < -0.3 is 23.9 Å². The van der Waals surface area contributed by atoms with Gasteiger partial charge in [0.1, 0.15) is 17.3 Å². The van der Waals surface area contributed by atoms with E-state index in [9.17, 15) is 9.90 Å². The SMILES string of the molecule is CCCCc1nc(Cl)c(C(=O)c2ncc(C(OC)OC)cc2O)n1Cc1ccc(-c2ccccc2)c(-c2nnnn2C(C)OCC)c1. The van der Waals surface area contributed by atoms with Gasteiger partial charge in [0.25, 0.3) is 0 Å². The Hall–Kier alpha value is -4.49. The predicted molar refractivity (Wildman–Crippen MR) is 176 cm³/mol. The number of imidazole rings is 1. The van der Waals surface area contributed by atoms with Gasteiger partial charge in [-0.2, -0.15) is 4.68 Å². The van der Waals surface area contributed by atoms with Crippen molar-refractivity contribution in [1.82, 2.24) is 34.7 Å². The molecule has 0 spiro atoms. The molecule has 246 valence electrons. The van der Waals surface area contributed by atoms with E-state index in [1.165, 1.54) is 26.5 Å². The number of hydrogen-bond donors (Lipinski definition) is 1. The van der Waals surface area contributed by atoms with Gasteiger partial charge in [0.2, 0.25) is 5.78 Å². The third-order valence-corrected chi connectivity index (χ3v) is 8.04. The molecule has 0 aliphatic heterocycles. The molecule has 0 amide bonds. The minimum absolute atomic E-state index is 0.0358. The van der Waals surface area contributed by atoms with Crippen LogP contribution in [0.25, 0.3) is 22.5 Å². The van der Waals surface area contributed by atoms with Crippen molar-refractivity contribution in [2.75, 3.05) is 20.8 Å². The van der Waals surface area contributed by atoms with E-state index in [0.717, 1.165) is 35.1 Å². The van der Waals surface area contributed by atoms with Crippen LogP contribution in [0.5, 0.6) is 5.75 Å². The van der Waals surface area contributed by atoms with Gasteiger partial charge >= 0.3 is 0 Å². The number of tetrazole rings is 1. The lowest BCUT2D eigenvalue weighted by atomic mass is 9.96. The fourth-order valence-electron chi connectivity index (χ4n) is 5.49. The number of nitrogens with zero attached hydrogens (tertiary/aromatic N) is 7. The standard InChI is InChI=1S/C34H38ClN7O5/c1-6-8-14-28-37-32(35)30(31(44)29-27(43)18-24(19-36-29)34(45-4)46-5)41(28)20-22-15-16-25(23-12-10-9-11-13-23)26(17-22)33-38-39-40-42(33)21(3)47-7-2/h9-13,15-19,21,34,43H,6-8,14,20H2,1-5H3. The van der Waals surface area contributed by atoms with Gasteiger partial charge in [0, 0.05) is 51.1 Å². The zero-order chi connectivity index (χ0) is 33.5. The quantitative estimate of drug-likeness (QED) is 0.0988.